The van der Waals surface area contributed by atoms with Crippen LogP contribution in [0.25, 0.3) is 22.3 Å². The highest BCUT2D eigenvalue weighted by molar-refractivity contribution is 6.31. The number of halogens is 3. The molecule has 5 rings (SSSR count). The van der Waals surface area contributed by atoms with Crippen molar-refractivity contribution in [2.45, 2.75) is 32.2 Å². The summed E-state index contributed by atoms with van der Waals surface area (Å²) in [5.74, 6) is -2.08. The van der Waals surface area contributed by atoms with Crippen molar-refractivity contribution in [1.82, 2.24) is 14.5 Å². The molecule has 0 unspecified atom stereocenters. The first kappa shape index (κ1) is 24.8. The third-order valence-electron chi connectivity index (χ3n) is 6.69. The van der Waals surface area contributed by atoms with Crippen LogP contribution >= 0.6 is 11.6 Å². The molecule has 1 aromatic carbocycles. The fourth-order valence-electron chi connectivity index (χ4n) is 4.67. The highest BCUT2D eigenvalue weighted by Crippen LogP contribution is 2.33. The Hall–Kier alpha value is -3.91. The fourth-order valence-corrected chi connectivity index (χ4v) is 4.83. The lowest BCUT2D eigenvalue weighted by Crippen LogP contribution is -2.26. The number of aromatic nitrogens is 3. The summed E-state index contributed by atoms with van der Waals surface area (Å²) in [6, 6.07) is 9.99. The highest BCUT2D eigenvalue weighted by Gasteiger charge is 2.23. The number of anilines is 1. The van der Waals surface area contributed by atoms with Crippen molar-refractivity contribution in [3.05, 3.63) is 100.0 Å². The smallest absolute Gasteiger partial charge is 0.251 e. The van der Waals surface area contributed by atoms with Crippen molar-refractivity contribution in [3.8, 4) is 22.3 Å². The second-order valence-corrected chi connectivity index (χ2v) is 9.51. The maximum atomic E-state index is 14.6. The molecule has 0 radical (unpaired) electrons. The Morgan fingerprint density at radius 2 is 1.86 bits per heavy atom. The van der Waals surface area contributed by atoms with E-state index in [9.17, 15) is 18.4 Å². The molecule has 2 bridgehead atoms. The first-order valence-corrected chi connectivity index (χ1v) is 12.3. The minimum Gasteiger partial charge on any atom is -0.324 e. The fraction of sp³-hybridized carbons (Fsp3) is 0.214. The first-order valence-electron chi connectivity index (χ1n) is 11.9. The van der Waals surface area contributed by atoms with Crippen LogP contribution in [0.5, 0.6) is 0 Å². The number of carbonyl (C=O) groups excluding carboxylic acids is 1. The van der Waals surface area contributed by atoms with Gasteiger partial charge in [0, 0.05) is 36.1 Å². The summed E-state index contributed by atoms with van der Waals surface area (Å²) >= 11 is 5.85. The minimum atomic E-state index is -0.917. The number of nitrogens with one attached hydrogen (secondary N) is 1. The molecule has 0 aliphatic carbocycles. The van der Waals surface area contributed by atoms with Crippen LogP contribution in [0.15, 0.2) is 72.0 Å². The Morgan fingerprint density at radius 1 is 1.03 bits per heavy atom. The van der Waals surface area contributed by atoms with Gasteiger partial charge in [-0.1, -0.05) is 24.9 Å². The van der Waals surface area contributed by atoms with Gasteiger partial charge >= 0.3 is 0 Å². The van der Waals surface area contributed by atoms with Crippen LogP contribution in [0.4, 0.5) is 14.5 Å². The van der Waals surface area contributed by atoms with Crippen molar-refractivity contribution in [2.24, 2.45) is 5.92 Å². The van der Waals surface area contributed by atoms with Gasteiger partial charge in [-0.05, 0) is 60.4 Å². The standard InChI is InChI=1S/C28H23ClF2N4O2/c1-16-3-2-4-24(22-13-17(7-11-33-22)19-8-10-32-15-23(19)34-28(16)37)35-12-9-18(14-25(35)36)26-21(30)6-5-20(29)27(26)31/h5-16,24H,2-4H2,1H3,(H,34,37)/t16-,24+/m1/s1. The van der Waals surface area contributed by atoms with E-state index in [-0.39, 0.29) is 28.0 Å². The van der Waals surface area contributed by atoms with E-state index in [1.165, 1.54) is 22.9 Å². The predicted molar refractivity (Wildman–Crippen MR) is 138 cm³/mol. The van der Waals surface area contributed by atoms with E-state index < -0.39 is 23.2 Å². The van der Waals surface area contributed by atoms with Crippen molar-refractivity contribution in [1.29, 1.82) is 0 Å². The Balaban J connectivity index is 1.61. The second-order valence-electron chi connectivity index (χ2n) is 9.11. The molecule has 37 heavy (non-hydrogen) atoms. The van der Waals surface area contributed by atoms with E-state index in [1.807, 2.05) is 25.1 Å². The zero-order valence-electron chi connectivity index (χ0n) is 19.9. The number of rotatable bonds is 2. The lowest BCUT2D eigenvalue weighted by molar-refractivity contribution is -0.119. The van der Waals surface area contributed by atoms with Crippen molar-refractivity contribution in [3.63, 3.8) is 0 Å². The maximum absolute atomic E-state index is 14.6. The zero-order chi connectivity index (χ0) is 26.1. The average Bonchev–Trinajstić information content (AvgIpc) is 2.89. The van der Waals surface area contributed by atoms with Gasteiger partial charge in [-0.2, -0.15) is 0 Å². The zero-order valence-corrected chi connectivity index (χ0v) is 20.7. The van der Waals surface area contributed by atoms with Crippen LogP contribution in [-0.4, -0.2) is 20.4 Å². The van der Waals surface area contributed by atoms with Gasteiger partial charge in [0.05, 0.1) is 34.2 Å². The topological polar surface area (TPSA) is 76.9 Å². The van der Waals surface area contributed by atoms with Gasteiger partial charge in [0.2, 0.25) is 5.91 Å². The summed E-state index contributed by atoms with van der Waals surface area (Å²) in [5.41, 5.74) is 2.18. The molecule has 2 atom stereocenters. The summed E-state index contributed by atoms with van der Waals surface area (Å²) in [5, 5.41) is 2.75. The summed E-state index contributed by atoms with van der Waals surface area (Å²) in [4.78, 5) is 34.8. The number of nitrogens with zero attached hydrogens (tertiary/aromatic N) is 3. The normalized spacial score (nSPS) is 17.8. The molecule has 0 spiro atoms. The van der Waals surface area contributed by atoms with Crippen LogP contribution < -0.4 is 10.9 Å². The molecular weight excluding hydrogens is 498 g/mol. The maximum Gasteiger partial charge on any atom is 0.251 e. The molecule has 1 amide bonds. The van der Waals surface area contributed by atoms with Crippen LogP contribution in [-0.2, 0) is 4.79 Å². The van der Waals surface area contributed by atoms with E-state index in [0.717, 1.165) is 23.3 Å². The molecule has 4 aromatic rings. The van der Waals surface area contributed by atoms with Crippen molar-refractivity contribution < 1.29 is 13.6 Å². The SMILES string of the molecule is C[C@@H]1CCC[C@H](n2ccc(-c3c(F)ccc(Cl)c3F)cc2=O)c2cc(ccn2)-c2ccncc2NC1=O. The van der Waals surface area contributed by atoms with Gasteiger partial charge in [0.15, 0.2) is 5.82 Å². The molecule has 188 valence electrons. The Labute approximate surface area is 217 Å². The Morgan fingerprint density at radius 3 is 2.68 bits per heavy atom. The number of hydrogen-bond acceptors (Lipinski definition) is 4. The Kier molecular flexibility index (Phi) is 6.84. The lowest BCUT2D eigenvalue weighted by Gasteiger charge is -2.23. The van der Waals surface area contributed by atoms with Gasteiger partial charge in [0.1, 0.15) is 5.82 Å². The first-order chi connectivity index (χ1) is 17.8. The van der Waals surface area contributed by atoms with Gasteiger partial charge in [-0.25, -0.2) is 8.78 Å². The lowest BCUT2D eigenvalue weighted by atomic mass is 9.95. The third kappa shape index (κ3) is 4.89. The molecule has 0 fully saturated rings. The van der Waals surface area contributed by atoms with Crippen molar-refractivity contribution >= 4 is 23.2 Å². The van der Waals surface area contributed by atoms with Gasteiger partial charge in [-0.15, -0.1) is 0 Å². The van der Waals surface area contributed by atoms with Gasteiger partial charge in [0.25, 0.3) is 5.56 Å². The van der Waals surface area contributed by atoms with Crippen LogP contribution in [0.1, 0.15) is 37.9 Å². The quantitative estimate of drug-likeness (QED) is 0.317. The van der Waals surface area contributed by atoms with Crippen LogP contribution in [0.3, 0.4) is 0 Å². The van der Waals surface area contributed by atoms with Crippen LogP contribution in [0.2, 0.25) is 5.02 Å². The molecule has 4 heterocycles. The summed E-state index contributed by atoms with van der Waals surface area (Å²) in [7, 11) is 0. The van der Waals surface area contributed by atoms with E-state index in [4.69, 9.17) is 11.6 Å². The number of pyridine rings is 3. The molecular formula is C28H23ClF2N4O2. The molecule has 1 aliphatic heterocycles. The molecule has 0 saturated heterocycles. The van der Waals surface area contributed by atoms with E-state index in [1.54, 1.807) is 18.6 Å². The summed E-state index contributed by atoms with van der Waals surface area (Å²) in [6.07, 6.45) is 8.23. The molecule has 9 heteroatoms. The number of carbonyl (C=O) groups is 1. The van der Waals surface area contributed by atoms with Crippen molar-refractivity contribution in [2.75, 3.05) is 5.32 Å². The van der Waals surface area contributed by atoms with Gasteiger partial charge < -0.3 is 9.88 Å². The number of amides is 1. The summed E-state index contributed by atoms with van der Waals surface area (Å²) < 4.78 is 30.5. The Bertz CT molecular complexity index is 1560. The predicted octanol–water partition coefficient (Wildman–Crippen LogP) is 6.25. The van der Waals surface area contributed by atoms with E-state index in [0.29, 0.717) is 30.6 Å². The molecule has 1 aliphatic rings. The molecule has 0 saturated carbocycles. The minimum absolute atomic E-state index is 0.0975. The monoisotopic (exact) mass is 520 g/mol. The van der Waals surface area contributed by atoms with E-state index in [2.05, 4.69) is 15.3 Å². The number of benzene rings is 1. The molecule has 6 nitrogen and oxygen atoms in total. The number of fused-ring (bicyclic) bond motifs is 4. The van der Waals surface area contributed by atoms with Crippen LogP contribution in [0, 0.1) is 17.6 Å². The van der Waals surface area contributed by atoms with Gasteiger partial charge in [-0.3, -0.25) is 19.6 Å². The average molecular weight is 521 g/mol. The second kappa shape index (κ2) is 10.2. The van der Waals surface area contributed by atoms with E-state index >= 15 is 0 Å². The molecule has 1 N–H and O–H groups in total. The molecule has 3 aromatic heterocycles. The third-order valence-corrected chi connectivity index (χ3v) is 6.98. The largest absolute Gasteiger partial charge is 0.324 e. The summed E-state index contributed by atoms with van der Waals surface area (Å²) in [6.45, 7) is 1.86. The number of hydrogen-bond donors (Lipinski definition) is 1. The highest BCUT2D eigenvalue weighted by atomic mass is 35.5.